The van der Waals surface area contributed by atoms with Crippen molar-refractivity contribution in [3.8, 4) is 0 Å². The monoisotopic (exact) mass is 184 g/mol. The minimum atomic E-state index is -0.316. The van der Waals surface area contributed by atoms with Crippen molar-refractivity contribution in [3.05, 3.63) is 0 Å². The molecule has 0 spiro atoms. The van der Waals surface area contributed by atoms with Gasteiger partial charge in [-0.2, -0.15) is 12.6 Å². The number of aliphatic hydroxyl groups excluding tert-OH is 1. The van der Waals surface area contributed by atoms with Gasteiger partial charge in [0.1, 0.15) is 0 Å². The second kappa shape index (κ2) is 3.75. The third-order valence-electron chi connectivity index (χ3n) is 0.717. The molecule has 0 aliphatic heterocycles. The van der Waals surface area contributed by atoms with Gasteiger partial charge in [-0.15, -0.1) is 0 Å². The van der Waals surface area contributed by atoms with E-state index in [4.69, 9.17) is 5.11 Å². The Bertz CT molecular complexity index is 49.0. The molecule has 2 atom stereocenters. The van der Waals surface area contributed by atoms with Gasteiger partial charge in [-0.1, -0.05) is 22.9 Å². The zero-order chi connectivity index (χ0) is 5.86. The van der Waals surface area contributed by atoms with E-state index in [-0.39, 0.29) is 10.9 Å². The number of aliphatic hydroxyl groups is 1. The summed E-state index contributed by atoms with van der Waals surface area (Å²) in [6, 6.07) is 0. The average Bonchev–Trinajstić information content (AvgIpc) is 1.65. The molecule has 0 aliphatic carbocycles. The van der Waals surface area contributed by atoms with Crippen LogP contribution in [0.1, 0.15) is 6.92 Å². The molecule has 7 heavy (non-hydrogen) atoms. The molecule has 0 aromatic rings. The Labute approximate surface area is 57.7 Å². The van der Waals surface area contributed by atoms with Crippen LogP contribution in [0.3, 0.4) is 0 Å². The molecule has 2 unspecified atom stereocenters. The third-order valence-corrected chi connectivity index (χ3v) is 1.70. The highest BCUT2D eigenvalue weighted by atomic mass is 79.9. The summed E-state index contributed by atoms with van der Waals surface area (Å²) < 4.78 is 0. The average molecular weight is 185 g/mol. The molecule has 0 aliphatic rings. The molecular weight excluding hydrogens is 176 g/mol. The normalized spacial score (nSPS) is 18.9. The van der Waals surface area contributed by atoms with E-state index in [1.54, 1.807) is 0 Å². The van der Waals surface area contributed by atoms with Gasteiger partial charge in [0.05, 0.1) is 6.10 Å². The first-order valence-electron chi connectivity index (χ1n) is 2.11. The van der Waals surface area contributed by atoms with E-state index in [1.165, 1.54) is 0 Å². The van der Waals surface area contributed by atoms with Crippen LogP contribution in [-0.4, -0.2) is 21.8 Å². The zero-order valence-corrected chi connectivity index (χ0v) is 6.61. The molecule has 0 saturated carbocycles. The van der Waals surface area contributed by atoms with Crippen molar-refractivity contribution < 1.29 is 5.11 Å². The molecular formula is C4H9BrOS. The number of rotatable bonds is 2. The molecule has 1 N–H and O–H groups in total. The van der Waals surface area contributed by atoms with E-state index in [9.17, 15) is 0 Å². The number of halogens is 1. The summed E-state index contributed by atoms with van der Waals surface area (Å²) in [6.45, 7) is 1.89. The Morgan fingerprint density at radius 3 is 2.29 bits per heavy atom. The van der Waals surface area contributed by atoms with Crippen LogP contribution in [0.4, 0.5) is 0 Å². The van der Waals surface area contributed by atoms with Crippen molar-refractivity contribution in [2.75, 3.05) is 5.75 Å². The Morgan fingerprint density at radius 2 is 2.29 bits per heavy atom. The SMILES string of the molecule is CC(Br)C(O)CS. The highest BCUT2D eigenvalue weighted by molar-refractivity contribution is 9.09. The van der Waals surface area contributed by atoms with E-state index in [0.717, 1.165) is 0 Å². The van der Waals surface area contributed by atoms with Crippen molar-refractivity contribution in [3.63, 3.8) is 0 Å². The molecule has 0 radical (unpaired) electrons. The summed E-state index contributed by atoms with van der Waals surface area (Å²) in [5, 5.41) is 8.81. The van der Waals surface area contributed by atoms with Crippen LogP contribution in [0.25, 0.3) is 0 Å². The molecule has 44 valence electrons. The van der Waals surface area contributed by atoms with E-state index < -0.39 is 0 Å². The summed E-state index contributed by atoms with van der Waals surface area (Å²) >= 11 is 7.08. The van der Waals surface area contributed by atoms with Gasteiger partial charge >= 0.3 is 0 Å². The van der Waals surface area contributed by atoms with Crippen LogP contribution in [-0.2, 0) is 0 Å². The van der Waals surface area contributed by atoms with E-state index in [0.29, 0.717) is 5.75 Å². The van der Waals surface area contributed by atoms with E-state index >= 15 is 0 Å². The molecule has 0 fully saturated rings. The van der Waals surface area contributed by atoms with Crippen molar-refractivity contribution in [1.29, 1.82) is 0 Å². The molecule has 0 rings (SSSR count). The van der Waals surface area contributed by atoms with Crippen LogP contribution >= 0.6 is 28.6 Å². The van der Waals surface area contributed by atoms with Gasteiger partial charge in [0.25, 0.3) is 0 Å². The quantitative estimate of drug-likeness (QED) is 0.486. The van der Waals surface area contributed by atoms with Gasteiger partial charge < -0.3 is 5.11 Å². The number of hydrogen-bond acceptors (Lipinski definition) is 2. The first-order valence-corrected chi connectivity index (χ1v) is 3.66. The Balaban J connectivity index is 3.14. The second-order valence-corrected chi connectivity index (χ2v) is 3.24. The van der Waals surface area contributed by atoms with Gasteiger partial charge in [0, 0.05) is 10.6 Å². The Hall–Kier alpha value is 0.790. The van der Waals surface area contributed by atoms with Gasteiger partial charge in [0.2, 0.25) is 0 Å². The highest BCUT2D eigenvalue weighted by Crippen LogP contribution is 2.04. The first kappa shape index (κ1) is 7.79. The van der Waals surface area contributed by atoms with Gasteiger partial charge in [-0.3, -0.25) is 0 Å². The van der Waals surface area contributed by atoms with Gasteiger partial charge in [0.15, 0.2) is 0 Å². The van der Waals surface area contributed by atoms with E-state index in [1.807, 2.05) is 6.92 Å². The van der Waals surface area contributed by atoms with Crippen molar-refractivity contribution in [2.45, 2.75) is 17.9 Å². The molecule has 0 heterocycles. The fourth-order valence-electron chi connectivity index (χ4n) is 0.145. The lowest BCUT2D eigenvalue weighted by Crippen LogP contribution is -2.18. The maximum atomic E-state index is 8.81. The summed E-state index contributed by atoms with van der Waals surface area (Å²) in [6.07, 6.45) is -0.316. The van der Waals surface area contributed by atoms with Crippen molar-refractivity contribution in [1.82, 2.24) is 0 Å². The maximum absolute atomic E-state index is 8.81. The molecule has 0 aromatic carbocycles. The smallest absolute Gasteiger partial charge is 0.0750 e. The summed E-state index contributed by atoms with van der Waals surface area (Å²) in [5.74, 6) is 0.520. The second-order valence-electron chi connectivity index (χ2n) is 1.43. The molecule has 0 saturated heterocycles. The minimum absolute atomic E-state index is 0.157. The largest absolute Gasteiger partial charge is 0.391 e. The van der Waals surface area contributed by atoms with Gasteiger partial charge in [-0.05, 0) is 0 Å². The highest BCUT2D eigenvalue weighted by Gasteiger charge is 2.05. The number of alkyl halides is 1. The molecule has 0 aromatic heterocycles. The van der Waals surface area contributed by atoms with Crippen LogP contribution < -0.4 is 0 Å². The maximum Gasteiger partial charge on any atom is 0.0750 e. The third kappa shape index (κ3) is 3.38. The standard InChI is InChI=1S/C4H9BrOS/c1-3(5)4(6)2-7/h3-4,6-7H,2H2,1H3. The lowest BCUT2D eigenvalue weighted by molar-refractivity contribution is 0.203. The molecule has 0 amide bonds. The lowest BCUT2D eigenvalue weighted by Gasteiger charge is -2.07. The molecule has 0 bridgehead atoms. The topological polar surface area (TPSA) is 20.2 Å². The molecule has 3 heteroatoms. The van der Waals surface area contributed by atoms with Crippen LogP contribution in [0, 0.1) is 0 Å². The Kier molecular flexibility index (Phi) is 4.17. The predicted molar refractivity (Wildman–Crippen MR) is 38.2 cm³/mol. The predicted octanol–water partition coefficient (Wildman–Crippen LogP) is 1.06. The number of hydrogen-bond donors (Lipinski definition) is 2. The van der Waals surface area contributed by atoms with Crippen molar-refractivity contribution in [2.24, 2.45) is 0 Å². The summed E-state index contributed by atoms with van der Waals surface area (Å²) in [5.41, 5.74) is 0. The van der Waals surface area contributed by atoms with Crippen LogP contribution in [0.5, 0.6) is 0 Å². The summed E-state index contributed by atoms with van der Waals surface area (Å²) in [7, 11) is 0. The zero-order valence-electron chi connectivity index (χ0n) is 4.13. The first-order chi connectivity index (χ1) is 3.18. The van der Waals surface area contributed by atoms with Crippen molar-refractivity contribution >= 4 is 28.6 Å². The lowest BCUT2D eigenvalue weighted by atomic mass is 10.3. The Morgan fingerprint density at radius 1 is 1.86 bits per heavy atom. The summed E-state index contributed by atoms with van der Waals surface area (Å²) in [4.78, 5) is 0.157. The number of thiol groups is 1. The van der Waals surface area contributed by atoms with E-state index in [2.05, 4.69) is 28.6 Å². The fourth-order valence-corrected chi connectivity index (χ4v) is 0.937. The van der Waals surface area contributed by atoms with Crippen LogP contribution in [0.2, 0.25) is 0 Å². The minimum Gasteiger partial charge on any atom is -0.391 e. The van der Waals surface area contributed by atoms with Crippen LogP contribution in [0.15, 0.2) is 0 Å². The molecule has 1 nitrogen and oxygen atoms in total. The van der Waals surface area contributed by atoms with Gasteiger partial charge in [-0.25, -0.2) is 0 Å². The fraction of sp³-hybridized carbons (Fsp3) is 1.00.